The third kappa shape index (κ3) is 6.68. The fraction of sp³-hybridized carbons (Fsp3) is 0.625. The summed E-state index contributed by atoms with van der Waals surface area (Å²) in [6, 6.07) is 1.83. The first kappa shape index (κ1) is 19.6. The monoisotopic (exact) mass is 341 g/mol. The van der Waals surface area contributed by atoms with Crippen LogP contribution in [0.5, 0.6) is 0 Å². The number of aryl methyl sites for hydroxylation is 1. The second-order valence-electron chi connectivity index (χ2n) is 6.33. The molecule has 3 N–H and O–H groups in total. The van der Waals surface area contributed by atoms with E-state index in [4.69, 9.17) is 4.74 Å². The average Bonchev–Trinajstić information content (AvgIpc) is 2.82. The number of anilines is 1. The fourth-order valence-electron chi connectivity index (χ4n) is 1.71. The third-order valence-electron chi connectivity index (χ3n) is 3.11. The molecule has 0 saturated carbocycles. The lowest BCUT2D eigenvalue weighted by Gasteiger charge is -2.16. The van der Waals surface area contributed by atoms with Gasteiger partial charge in [0.25, 0.3) is 5.91 Å². The Bertz CT molecular complexity index is 535. The molecule has 23 heavy (non-hydrogen) atoms. The maximum Gasteiger partial charge on any atom is 0.261 e. The Balaban J connectivity index is 2.50. The van der Waals surface area contributed by atoms with Gasteiger partial charge in [-0.3, -0.25) is 9.59 Å². The van der Waals surface area contributed by atoms with Gasteiger partial charge >= 0.3 is 0 Å². The van der Waals surface area contributed by atoms with Gasteiger partial charge in [-0.2, -0.15) is 0 Å². The van der Waals surface area contributed by atoms with E-state index in [1.807, 2.05) is 33.8 Å². The van der Waals surface area contributed by atoms with Gasteiger partial charge in [-0.25, -0.2) is 0 Å². The van der Waals surface area contributed by atoms with Crippen LogP contribution in [0.3, 0.4) is 0 Å². The molecule has 0 radical (unpaired) electrons. The third-order valence-corrected chi connectivity index (χ3v) is 4.26. The Kier molecular flexibility index (Phi) is 7.67. The Labute approximate surface area is 142 Å². The van der Waals surface area contributed by atoms with E-state index >= 15 is 0 Å². The smallest absolute Gasteiger partial charge is 0.261 e. The number of hydrogen-bond acceptors (Lipinski definition) is 5. The number of carbonyl (C=O) groups excluding carboxylic acids is 2. The van der Waals surface area contributed by atoms with E-state index in [9.17, 15) is 9.59 Å². The van der Waals surface area contributed by atoms with E-state index in [0.29, 0.717) is 29.6 Å². The van der Waals surface area contributed by atoms with Crippen LogP contribution in [0, 0.1) is 12.3 Å². The van der Waals surface area contributed by atoms with E-state index in [1.54, 1.807) is 7.11 Å². The number of thiophene rings is 1. The quantitative estimate of drug-likeness (QED) is 0.632. The van der Waals surface area contributed by atoms with Crippen LogP contribution < -0.4 is 16.0 Å². The first-order chi connectivity index (χ1) is 10.8. The summed E-state index contributed by atoms with van der Waals surface area (Å²) in [5.41, 5.74) is 0.401. The molecule has 7 heteroatoms. The number of amides is 2. The van der Waals surface area contributed by atoms with Gasteiger partial charge in [0.2, 0.25) is 5.91 Å². The van der Waals surface area contributed by atoms with Crippen LogP contribution in [0.4, 0.5) is 5.00 Å². The zero-order valence-corrected chi connectivity index (χ0v) is 15.4. The average molecular weight is 341 g/mol. The standard InChI is InChI=1S/C16H27N3O3S/c1-11-10-12(19-15(21)16(2,3)4)23-13(11)14(20)18-7-6-17-8-9-22-5/h10,17H,6-9H2,1-5H3,(H,18,20)(H,19,21). The number of carbonyl (C=O) groups is 2. The number of rotatable bonds is 8. The van der Waals surface area contributed by atoms with Crippen molar-refractivity contribution in [1.82, 2.24) is 10.6 Å². The summed E-state index contributed by atoms with van der Waals surface area (Å²) in [5.74, 6) is -0.176. The predicted octanol–water partition coefficient (Wildman–Crippen LogP) is 2.01. The minimum Gasteiger partial charge on any atom is -0.383 e. The molecule has 0 atom stereocenters. The minimum absolute atomic E-state index is 0.0620. The zero-order chi connectivity index (χ0) is 17.5. The second kappa shape index (κ2) is 9.00. The summed E-state index contributed by atoms with van der Waals surface area (Å²) in [4.78, 5) is 24.8. The molecule has 0 bridgehead atoms. The SMILES string of the molecule is COCCNCCNC(=O)c1sc(NC(=O)C(C)(C)C)cc1C. The molecule has 6 nitrogen and oxygen atoms in total. The number of methoxy groups -OCH3 is 1. The van der Waals surface area contributed by atoms with Crippen LogP contribution in [-0.4, -0.2) is 45.2 Å². The fourth-order valence-corrected chi connectivity index (χ4v) is 2.70. The van der Waals surface area contributed by atoms with Crippen LogP contribution in [0.15, 0.2) is 6.07 Å². The first-order valence-electron chi connectivity index (χ1n) is 7.65. The van der Waals surface area contributed by atoms with E-state index in [-0.39, 0.29) is 11.8 Å². The van der Waals surface area contributed by atoms with Gasteiger partial charge in [0.1, 0.15) is 0 Å². The lowest BCUT2D eigenvalue weighted by molar-refractivity contribution is -0.123. The molecule has 1 aromatic rings. The van der Waals surface area contributed by atoms with Crippen molar-refractivity contribution in [3.63, 3.8) is 0 Å². The molecule has 1 rings (SSSR count). The van der Waals surface area contributed by atoms with Gasteiger partial charge in [-0.05, 0) is 18.6 Å². The van der Waals surface area contributed by atoms with Crippen molar-refractivity contribution in [2.75, 3.05) is 38.7 Å². The highest BCUT2D eigenvalue weighted by atomic mass is 32.1. The molecule has 0 aliphatic heterocycles. The van der Waals surface area contributed by atoms with Gasteiger partial charge in [0.15, 0.2) is 0 Å². The lowest BCUT2D eigenvalue weighted by atomic mass is 9.96. The number of ether oxygens (including phenoxy) is 1. The number of nitrogens with one attached hydrogen (secondary N) is 3. The molecule has 130 valence electrons. The van der Waals surface area contributed by atoms with Crippen LogP contribution in [0.2, 0.25) is 0 Å². The lowest BCUT2D eigenvalue weighted by Crippen LogP contribution is -2.32. The normalized spacial score (nSPS) is 11.3. The molecule has 0 saturated heterocycles. The van der Waals surface area contributed by atoms with Crippen molar-refractivity contribution in [2.45, 2.75) is 27.7 Å². The Morgan fingerprint density at radius 3 is 2.52 bits per heavy atom. The highest BCUT2D eigenvalue weighted by molar-refractivity contribution is 7.18. The van der Waals surface area contributed by atoms with Gasteiger partial charge in [0, 0.05) is 32.2 Å². The molecular formula is C16H27N3O3S. The minimum atomic E-state index is -0.464. The predicted molar refractivity (Wildman–Crippen MR) is 94.2 cm³/mol. The summed E-state index contributed by atoms with van der Waals surface area (Å²) in [7, 11) is 1.65. The Morgan fingerprint density at radius 1 is 1.22 bits per heavy atom. The molecule has 0 spiro atoms. The molecule has 0 aromatic carbocycles. The largest absolute Gasteiger partial charge is 0.383 e. The van der Waals surface area contributed by atoms with Crippen LogP contribution >= 0.6 is 11.3 Å². The van der Waals surface area contributed by atoms with E-state index in [1.165, 1.54) is 11.3 Å². The maximum atomic E-state index is 12.2. The van der Waals surface area contributed by atoms with Gasteiger partial charge < -0.3 is 20.7 Å². The zero-order valence-electron chi connectivity index (χ0n) is 14.5. The molecular weight excluding hydrogens is 314 g/mol. The Morgan fingerprint density at radius 2 is 1.91 bits per heavy atom. The molecule has 0 unspecified atom stereocenters. The summed E-state index contributed by atoms with van der Waals surface area (Å²) < 4.78 is 4.93. The molecule has 2 amide bonds. The van der Waals surface area contributed by atoms with Crippen molar-refractivity contribution < 1.29 is 14.3 Å². The number of hydrogen-bond donors (Lipinski definition) is 3. The molecule has 1 heterocycles. The van der Waals surface area contributed by atoms with Crippen LogP contribution in [-0.2, 0) is 9.53 Å². The highest BCUT2D eigenvalue weighted by Crippen LogP contribution is 2.28. The van der Waals surface area contributed by atoms with Crippen molar-refractivity contribution in [3.05, 3.63) is 16.5 Å². The topological polar surface area (TPSA) is 79.5 Å². The van der Waals surface area contributed by atoms with Crippen LogP contribution in [0.25, 0.3) is 0 Å². The van der Waals surface area contributed by atoms with E-state index in [2.05, 4.69) is 16.0 Å². The van der Waals surface area contributed by atoms with E-state index < -0.39 is 5.41 Å². The molecule has 0 aliphatic carbocycles. The van der Waals surface area contributed by atoms with E-state index in [0.717, 1.165) is 12.1 Å². The highest BCUT2D eigenvalue weighted by Gasteiger charge is 2.22. The summed E-state index contributed by atoms with van der Waals surface area (Å²) >= 11 is 1.30. The summed E-state index contributed by atoms with van der Waals surface area (Å²) in [5, 5.41) is 9.59. The molecule has 1 aromatic heterocycles. The molecule has 0 aliphatic rings. The van der Waals surface area contributed by atoms with Gasteiger partial charge in [0.05, 0.1) is 16.5 Å². The van der Waals surface area contributed by atoms with Crippen molar-refractivity contribution in [3.8, 4) is 0 Å². The summed E-state index contributed by atoms with van der Waals surface area (Å²) in [6.45, 7) is 10.1. The first-order valence-corrected chi connectivity index (χ1v) is 8.47. The summed E-state index contributed by atoms with van der Waals surface area (Å²) in [6.07, 6.45) is 0. The van der Waals surface area contributed by atoms with Gasteiger partial charge in [-0.1, -0.05) is 20.8 Å². The van der Waals surface area contributed by atoms with Crippen molar-refractivity contribution in [1.29, 1.82) is 0 Å². The van der Waals surface area contributed by atoms with Gasteiger partial charge in [-0.15, -0.1) is 11.3 Å². The van der Waals surface area contributed by atoms with Crippen molar-refractivity contribution in [2.24, 2.45) is 5.41 Å². The van der Waals surface area contributed by atoms with Crippen LogP contribution in [0.1, 0.15) is 36.0 Å². The molecule has 0 fully saturated rings. The van der Waals surface area contributed by atoms with Crippen molar-refractivity contribution >= 4 is 28.2 Å². The Hall–Kier alpha value is -1.44. The second-order valence-corrected chi connectivity index (χ2v) is 7.38. The maximum absolute atomic E-state index is 12.2.